The van der Waals surface area contributed by atoms with Crippen molar-refractivity contribution < 1.29 is 4.74 Å². The Morgan fingerprint density at radius 3 is 2.33 bits per heavy atom. The maximum Gasteiger partial charge on any atom is 0.145 e. The molecule has 1 aromatic carbocycles. The number of aromatic nitrogens is 1. The zero-order chi connectivity index (χ0) is 19.3. The van der Waals surface area contributed by atoms with E-state index in [0.717, 1.165) is 49.7 Å². The van der Waals surface area contributed by atoms with E-state index in [2.05, 4.69) is 36.7 Å². The molecule has 1 aromatic heterocycles. The van der Waals surface area contributed by atoms with E-state index in [1.807, 2.05) is 42.5 Å². The van der Waals surface area contributed by atoms with Gasteiger partial charge in [0.15, 0.2) is 0 Å². The second kappa shape index (κ2) is 8.10. The molecule has 4 nitrogen and oxygen atoms in total. The van der Waals surface area contributed by atoms with Gasteiger partial charge in [-0.25, -0.2) is 0 Å². The monoisotopic (exact) mass is 363 g/mol. The second-order valence-electron chi connectivity index (χ2n) is 8.54. The SMILES string of the molecule is CC(C)(C)C1(CC#N)CCN(Cc2ccc(Oc3ccccc3)cn2)CC1. The van der Waals surface area contributed by atoms with Gasteiger partial charge in [-0.15, -0.1) is 0 Å². The van der Waals surface area contributed by atoms with Crippen molar-refractivity contribution in [3.63, 3.8) is 0 Å². The molecule has 1 aliphatic heterocycles. The molecule has 0 bridgehead atoms. The minimum atomic E-state index is 0.124. The molecule has 142 valence electrons. The molecule has 1 saturated heterocycles. The van der Waals surface area contributed by atoms with Crippen molar-refractivity contribution in [3.05, 3.63) is 54.4 Å². The van der Waals surface area contributed by atoms with Crippen LogP contribution in [0.2, 0.25) is 0 Å². The van der Waals surface area contributed by atoms with Gasteiger partial charge in [-0.2, -0.15) is 5.26 Å². The summed E-state index contributed by atoms with van der Waals surface area (Å²) in [5.41, 5.74) is 1.33. The van der Waals surface area contributed by atoms with Gasteiger partial charge < -0.3 is 4.74 Å². The lowest BCUT2D eigenvalue weighted by Gasteiger charge is -2.49. The molecule has 0 atom stereocenters. The summed E-state index contributed by atoms with van der Waals surface area (Å²) in [5.74, 6) is 1.57. The molecule has 1 fully saturated rings. The number of nitriles is 1. The summed E-state index contributed by atoms with van der Waals surface area (Å²) in [6.07, 6.45) is 4.58. The Kier molecular flexibility index (Phi) is 5.82. The number of hydrogen-bond acceptors (Lipinski definition) is 4. The number of pyridine rings is 1. The van der Waals surface area contributed by atoms with Gasteiger partial charge in [0.05, 0.1) is 18.0 Å². The van der Waals surface area contributed by atoms with Crippen LogP contribution in [0.4, 0.5) is 0 Å². The number of para-hydroxylation sites is 1. The highest BCUT2D eigenvalue weighted by Crippen LogP contribution is 2.49. The minimum Gasteiger partial charge on any atom is -0.456 e. The van der Waals surface area contributed by atoms with Crippen molar-refractivity contribution in [2.45, 2.75) is 46.6 Å². The van der Waals surface area contributed by atoms with E-state index in [9.17, 15) is 5.26 Å². The molecule has 4 heteroatoms. The molecule has 2 heterocycles. The van der Waals surface area contributed by atoms with Gasteiger partial charge in [-0.1, -0.05) is 39.0 Å². The standard InChI is InChI=1S/C23H29N3O/c1-22(2,3)23(11-14-24)12-15-26(16-13-23)18-19-9-10-21(17-25-19)27-20-7-5-4-6-8-20/h4-10,17H,11-13,15-16,18H2,1-3H3. The third-order valence-electron chi connectivity index (χ3n) is 5.98. The van der Waals surface area contributed by atoms with Crippen LogP contribution in [-0.4, -0.2) is 23.0 Å². The van der Waals surface area contributed by atoms with Crippen LogP contribution in [0.1, 0.15) is 45.7 Å². The fourth-order valence-electron chi connectivity index (χ4n) is 3.90. The van der Waals surface area contributed by atoms with E-state index in [4.69, 9.17) is 4.74 Å². The summed E-state index contributed by atoms with van der Waals surface area (Å²) in [7, 11) is 0. The third kappa shape index (κ3) is 4.67. The molecule has 3 rings (SSSR count). The fraction of sp³-hybridized carbons (Fsp3) is 0.478. The molecule has 27 heavy (non-hydrogen) atoms. The van der Waals surface area contributed by atoms with E-state index in [1.54, 1.807) is 6.20 Å². The first-order valence-corrected chi connectivity index (χ1v) is 9.69. The Labute approximate surface area is 162 Å². The minimum absolute atomic E-state index is 0.124. The molecule has 0 radical (unpaired) electrons. The number of benzene rings is 1. The first kappa shape index (κ1) is 19.4. The smallest absolute Gasteiger partial charge is 0.145 e. The Morgan fingerprint density at radius 2 is 1.78 bits per heavy atom. The zero-order valence-electron chi connectivity index (χ0n) is 16.6. The van der Waals surface area contributed by atoms with E-state index < -0.39 is 0 Å². The third-order valence-corrected chi connectivity index (χ3v) is 5.98. The number of likely N-dealkylation sites (tertiary alicyclic amines) is 1. The maximum atomic E-state index is 9.29. The highest BCUT2D eigenvalue weighted by atomic mass is 16.5. The maximum absolute atomic E-state index is 9.29. The highest BCUT2D eigenvalue weighted by molar-refractivity contribution is 5.29. The number of rotatable bonds is 5. The molecular formula is C23H29N3O. The lowest BCUT2D eigenvalue weighted by molar-refractivity contribution is 0.00677. The molecule has 0 saturated carbocycles. The van der Waals surface area contributed by atoms with Gasteiger partial charge in [0.2, 0.25) is 0 Å². The lowest BCUT2D eigenvalue weighted by Crippen LogP contribution is -2.46. The van der Waals surface area contributed by atoms with Gasteiger partial charge in [0.25, 0.3) is 0 Å². The Morgan fingerprint density at radius 1 is 1.07 bits per heavy atom. The largest absolute Gasteiger partial charge is 0.456 e. The van der Waals surface area contributed by atoms with Gasteiger partial charge in [0.1, 0.15) is 11.5 Å². The first-order chi connectivity index (χ1) is 12.9. The van der Waals surface area contributed by atoms with E-state index in [0.29, 0.717) is 6.42 Å². The lowest BCUT2D eigenvalue weighted by atomic mass is 9.60. The van der Waals surface area contributed by atoms with Crippen molar-refractivity contribution in [1.29, 1.82) is 5.26 Å². The second-order valence-corrected chi connectivity index (χ2v) is 8.54. The summed E-state index contributed by atoms with van der Waals surface area (Å²) < 4.78 is 5.81. The van der Waals surface area contributed by atoms with Crippen LogP contribution in [0.15, 0.2) is 48.7 Å². The Balaban J connectivity index is 1.57. The van der Waals surface area contributed by atoms with Crippen LogP contribution in [0.25, 0.3) is 0 Å². The van der Waals surface area contributed by atoms with Gasteiger partial charge in [0, 0.05) is 13.0 Å². The first-order valence-electron chi connectivity index (χ1n) is 9.69. The van der Waals surface area contributed by atoms with Gasteiger partial charge in [-0.3, -0.25) is 9.88 Å². The average Bonchev–Trinajstić information content (AvgIpc) is 2.65. The van der Waals surface area contributed by atoms with E-state index in [1.165, 1.54) is 0 Å². The van der Waals surface area contributed by atoms with Crippen molar-refractivity contribution >= 4 is 0 Å². The quantitative estimate of drug-likeness (QED) is 0.712. The van der Waals surface area contributed by atoms with Crippen LogP contribution < -0.4 is 4.74 Å². The van der Waals surface area contributed by atoms with E-state index >= 15 is 0 Å². The van der Waals surface area contributed by atoms with Crippen LogP contribution in [-0.2, 0) is 6.54 Å². The van der Waals surface area contributed by atoms with E-state index in [-0.39, 0.29) is 10.8 Å². The molecule has 0 amide bonds. The Hall–Kier alpha value is -2.38. The predicted molar refractivity (Wildman–Crippen MR) is 107 cm³/mol. The van der Waals surface area contributed by atoms with Crippen LogP contribution >= 0.6 is 0 Å². The zero-order valence-corrected chi connectivity index (χ0v) is 16.6. The van der Waals surface area contributed by atoms with Crippen molar-refractivity contribution in [2.24, 2.45) is 10.8 Å². The molecule has 0 spiro atoms. The molecule has 0 unspecified atom stereocenters. The number of piperidine rings is 1. The van der Waals surface area contributed by atoms with Gasteiger partial charge >= 0.3 is 0 Å². The summed E-state index contributed by atoms with van der Waals surface area (Å²) in [5, 5.41) is 9.29. The van der Waals surface area contributed by atoms with Crippen molar-refractivity contribution in [2.75, 3.05) is 13.1 Å². The summed E-state index contributed by atoms with van der Waals surface area (Å²) in [4.78, 5) is 7.02. The molecule has 2 aromatic rings. The molecule has 1 aliphatic rings. The normalized spacial score (nSPS) is 17.3. The van der Waals surface area contributed by atoms with Crippen LogP contribution in [0, 0.1) is 22.2 Å². The van der Waals surface area contributed by atoms with Crippen LogP contribution in [0.3, 0.4) is 0 Å². The summed E-state index contributed by atoms with van der Waals surface area (Å²) >= 11 is 0. The highest BCUT2D eigenvalue weighted by Gasteiger charge is 2.43. The molecular weight excluding hydrogens is 334 g/mol. The topological polar surface area (TPSA) is 49.2 Å². The Bertz CT molecular complexity index is 764. The fourth-order valence-corrected chi connectivity index (χ4v) is 3.90. The van der Waals surface area contributed by atoms with Crippen molar-refractivity contribution in [1.82, 2.24) is 9.88 Å². The van der Waals surface area contributed by atoms with Crippen LogP contribution in [0.5, 0.6) is 11.5 Å². The van der Waals surface area contributed by atoms with Crippen molar-refractivity contribution in [3.8, 4) is 17.6 Å². The summed E-state index contributed by atoms with van der Waals surface area (Å²) in [6, 6.07) is 16.2. The average molecular weight is 364 g/mol. The predicted octanol–water partition coefficient (Wildman–Crippen LogP) is 5.42. The number of hydrogen-bond donors (Lipinski definition) is 0. The number of ether oxygens (including phenoxy) is 1. The van der Waals surface area contributed by atoms with Gasteiger partial charge in [-0.05, 0) is 61.0 Å². The molecule has 0 N–H and O–H groups in total. The number of nitrogens with zero attached hydrogens (tertiary/aromatic N) is 3. The summed E-state index contributed by atoms with van der Waals surface area (Å²) in [6.45, 7) is 9.69. The molecule has 0 aliphatic carbocycles.